The van der Waals surface area contributed by atoms with E-state index in [1.54, 1.807) is 0 Å². The average molecular weight is 351 g/mol. The number of aromatic nitrogens is 2. The molecule has 0 spiro atoms. The lowest BCUT2D eigenvalue weighted by Gasteiger charge is -2.22. The van der Waals surface area contributed by atoms with Crippen molar-refractivity contribution in [3.8, 4) is 0 Å². The zero-order valence-corrected chi connectivity index (χ0v) is 15.1. The van der Waals surface area contributed by atoms with Crippen LogP contribution in [0.25, 0.3) is 0 Å². The van der Waals surface area contributed by atoms with Gasteiger partial charge in [0.1, 0.15) is 0 Å². The Morgan fingerprint density at radius 3 is 2.80 bits per heavy atom. The van der Waals surface area contributed by atoms with Gasteiger partial charge in [0.25, 0.3) is 0 Å². The fourth-order valence-corrected chi connectivity index (χ4v) is 4.22. The van der Waals surface area contributed by atoms with Crippen LogP contribution < -0.4 is 4.90 Å². The summed E-state index contributed by atoms with van der Waals surface area (Å²) in [5, 5.41) is 4.81. The van der Waals surface area contributed by atoms with Crippen LogP contribution >= 0.6 is 11.8 Å². The maximum atomic E-state index is 5.46. The molecule has 0 radical (unpaired) electrons. The van der Waals surface area contributed by atoms with Gasteiger partial charge in [-0.3, -0.25) is 0 Å². The number of rotatable bonds is 4. The lowest BCUT2D eigenvalue weighted by Crippen LogP contribution is -2.25. The first-order chi connectivity index (χ1) is 12.3. The van der Waals surface area contributed by atoms with Gasteiger partial charge in [0.05, 0.1) is 18.7 Å². The molecule has 5 heteroatoms. The van der Waals surface area contributed by atoms with Crippen LogP contribution in [0.2, 0.25) is 0 Å². The molecule has 4 nitrogen and oxygen atoms in total. The van der Waals surface area contributed by atoms with Gasteiger partial charge in [-0.2, -0.15) is 4.98 Å². The molecule has 3 aromatic rings. The molecule has 0 saturated carbocycles. The summed E-state index contributed by atoms with van der Waals surface area (Å²) in [6, 6.07) is 18.8. The van der Waals surface area contributed by atoms with E-state index in [1.807, 2.05) is 30.0 Å². The second-order valence-corrected chi connectivity index (χ2v) is 7.85. The molecule has 2 heterocycles. The molecule has 25 heavy (non-hydrogen) atoms. The van der Waals surface area contributed by atoms with E-state index in [-0.39, 0.29) is 0 Å². The molecule has 0 amide bonds. The van der Waals surface area contributed by atoms with Crippen LogP contribution in [0.3, 0.4) is 0 Å². The maximum Gasteiger partial charge on any atom is 0.231 e. The van der Waals surface area contributed by atoms with Crippen LogP contribution in [0.5, 0.6) is 0 Å². The van der Waals surface area contributed by atoms with Gasteiger partial charge in [0.15, 0.2) is 5.82 Å². The minimum absolute atomic E-state index is 0.616. The summed E-state index contributed by atoms with van der Waals surface area (Å²) in [6.45, 7) is 3.98. The van der Waals surface area contributed by atoms with Crippen molar-refractivity contribution in [2.24, 2.45) is 0 Å². The third kappa shape index (κ3) is 3.87. The Morgan fingerprint density at radius 1 is 1.12 bits per heavy atom. The van der Waals surface area contributed by atoms with Gasteiger partial charge in [-0.05, 0) is 24.1 Å². The molecule has 1 unspecified atom stereocenters. The number of anilines is 1. The number of hydrogen-bond acceptors (Lipinski definition) is 5. The Labute approximate surface area is 152 Å². The van der Waals surface area contributed by atoms with E-state index in [1.165, 1.54) is 16.1 Å². The summed E-state index contributed by atoms with van der Waals surface area (Å²) in [7, 11) is 0. The van der Waals surface area contributed by atoms with Crippen molar-refractivity contribution in [1.82, 2.24) is 10.1 Å². The third-order valence-electron chi connectivity index (χ3n) is 4.38. The highest BCUT2D eigenvalue weighted by molar-refractivity contribution is 8.00. The summed E-state index contributed by atoms with van der Waals surface area (Å²) in [6.07, 6.45) is 1.82. The Morgan fingerprint density at radius 2 is 1.92 bits per heavy atom. The summed E-state index contributed by atoms with van der Waals surface area (Å²) in [4.78, 5) is 8.29. The quantitative estimate of drug-likeness (QED) is 0.690. The van der Waals surface area contributed by atoms with Gasteiger partial charge in [-0.25, -0.2) is 0 Å². The summed E-state index contributed by atoms with van der Waals surface area (Å²) >= 11 is 1.95. The van der Waals surface area contributed by atoms with Crippen molar-refractivity contribution in [2.75, 3.05) is 11.4 Å². The van der Waals surface area contributed by atoms with Gasteiger partial charge in [-0.1, -0.05) is 54.5 Å². The largest absolute Gasteiger partial charge is 0.363 e. The van der Waals surface area contributed by atoms with Crippen molar-refractivity contribution in [1.29, 1.82) is 0 Å². The molecule has 0 fully saturated rings. The van der Waals surface area contributed by atoms with Crippen LogP contribution in [0.1, 0.15) is 30.6 Å². The van der Waals surface area contributed by atoms with E-state index >= 15 is 0 Å². The lowest BCUT2D eigenvalue weighted by atomic mass is 10.1. The second-order valence-electron chi connectivity index (χ2n) is 6.37. The molecule has 0 bridgehead atoms. The summed E-state index contributed by atoms with van der Waals surface area (Å²) in [5.74, 6) is 1.42. The number of thioether (sulfide) groups is 1. The molecular weight excluding hydrogens is 330 g/mol. The number of hydrogen-bond donors (Lipinski definition) is 0. The SMILES string of the molecule is CC1CCN(Cc2noc(Cc3ccccc3)n2)c2ccccc2S1. The summed E-state index contributed by atoms with van der Waals surface area (Å²) < 4.78 is 5.46. The fourth-order valence-electron chi connectivity index (χ4n) is 3.08. The lowest BCUT2D eigenvalue weighted by molar-refractivity contribution is 0.379. The van der Waals surface area contributed by atoms with Crippen LogP contribution in [0, 0.1) is 0 Å². The van der Waals surface area contributed by atoms with Gasteiger partial charge < -0.3 is 9.42 Å². The standard InChI is InChI=1S/C20H21N3OS/c1-15-11-12-23(17-9-5-6-10-18(17)25-15)14-19-21-20(24-22-19)13-16-7-3-2-4-8-16/h2-10,15H,11-14H2,1H3. The number of benzene rings is 2. The normalized spacial score (nSPS) is 17.2. The zero-order chi connectivity index (χ0) is 17.1. The highest BCUT2D eigenvalue weighted by atomic mass is 32.2. The van der Waals surface area contributed by atoms with Gasteiger partial charge in [-0.15, -0.1) is 11.8 Å². The Bertz CT molecular complexity index is 834. The molecule has 0 aliphatic carbocycles. The second kappa shape index (κ2) is 7.31. The molecule has 0 N–H and O–H groups in total. The van der Waals surface area contributed by atoms with Crippen LogP contribution in [0.15, 0.2) is 64.0 Å². The first kappa shape index (κ1) is 16.2. The molecule has 1 atom stereocenters. The highest BCUT2D eigenvalue weighted by Gasteiger charge is 2.21. The van der Waals surface area contributed by atoms with Crippen molar-refractivity contribution in [3.05, 3.63) is 71.9 Å². The van der Waals surface area contributed by atoms with E-state index in [4.69, 9.17) is 4.52 Å². The van der Waals surface area contributed by atoms with Gasteiger partial charge >= 0.3 is 0 Å². The minimum atomic E-state index is 0.616. The predicted molar refractivity (Wildman–Crippen MR) is 101 cm³/mol. The molecular formula is C20H21N3OS. The van der Waals surface area contributed by atoms with Gasteiger partial charge in [0.2, 0.25) is 5.89 Å². The molecule has 4 rings (SSSR count). The van der Waals surface area contributed by atoms with E-state index < -0.39 is 0 Å². The van der Waals surface area contributed by atoms with Crippen molar-refractivity contribution < 1.29 is 4.52 Å². The molecule has 1 aliphatic rings. The Hall–Kier alpha value is -2.27. The van der Waals surface area contributed by atoms with E-state index in [2.05, 4.69) is 58.4 Å². The van der Waals surface area contributed by atoms with Crippen LogP contribution in [-0.4, -0.2) is 21.9 Å². The van der Waals surface area contributed by atoms with Crippen LogP contribution in [0.4, 0.5) is 5.69 Å². The monoisotopic (exact) mass is 351 g/mol. The first-order valence-electron chi connectivity index (χ1n) is 8.64. The Balaban J connectivity index is 1.51. The van der Waals surface area contributed by atoms with Gasteiger partial charge in [0, 0.05) is 16.7 Å². The molecule has 128 valence electrons. The van der Waals surface area contributed by atoms with E-state index in [0.717, 1.165) is 18.8 Å². The minimum Gasteiger partial charge on any atom is -0.363 e. The fraction of sp³-hybridized carbons (Fsp3) is 0.300. The number of nitrogens with zero attached hydrogens (tertiary/aromatic N) is 3. The molecule has 0 saturated heterocycles. The van der Waals surface area contributed by atoms with Crippen LogP contribution in [-0.2, 0) is 13.0 Å². The molecule has 2 aromatic carbocycles. The number of fused-ring (bicyclic) bond motifs is 1. The smallest absolute Gasteiger partial charge is 0.231 e. The molecule has 1 aromatic heterocycles. The zero-order valence-electron chi connectivity index (χ0n) is 14.3. The first-order valence-corrected chi connectivity index (χ1v) is 9.52. The van der Waals surface area contributed by atoms with Crippen molar-refractivity contribution in [3.63, 3.8) is 0 Å². The predicted octanol–water partition coefficient (Wildman–Crippen LogP) is 4.55. The Kier molecular flexibility index (Phi) is 4.74. The highest BCUT2D eigenvalue weighted by Crippen LogP contribution is 2.37. The van der Waals surface area contributed by atoms with E-state index in [9.17, 15) is 0 Å². The van der Waals surface area contributed by atoms with Crippen molar-refractivity contribution in [2.45, 2.75) is 36.5 Å². The summed E-state index contributed by atoms with van der Waals surface area (Å²) in [5.41, 5.74) is 2.45. The topological polar surface area (TPSA) is 42.2 Å². The maximum absolute atomic E-state index is 5.46. The van der Waals surface area contributed by atoms with Crippen molar-refractivity contribution >= 4 is 17.4 Å². The number of para-hydroxylation sites is 1. The van der Waals surface area contributed by atoms with E-state index in [0.29, 0.717) is 24.1 Å². The molecule has 1 aliphatic heterocycles. The average Bonchev–Trinajstić information content (AvgIpc) is 3.00. The third-order valence-corrected chi connectivity index (χ3v) is 5.62.